The van der Waals surface area contributed by atoms with Crippen LogP contribution in [0.5, 0.6) is 0 Å². The maximum Gasteiger partial charge on any atom is 0.333 e. The van der Waals surface area contributed by atoms with Gasteiger partial charge in [-0.2, -0.15) is 16.9 Å². The van der Waals surface area contributed by atoms with Crippen molar-refractivity contribution in [3.05, 3.63) is 15.8 Å². The van der Waals surface area contributed by atoms with Gasteiger partial charge < -0.3 is 5.32 Å². The van der Waals surface area contributed by atoms with Gasteiger partial charge in [-0.3, -0.25) is 10.1 Å². The Labute approximate surface area is 105 Å². The minimum atomic E-state index is -0.372. The zero-order valence-corrected chi connectivity index (χ0v) is 11.4. The lowest BCUT2D eigenvalue weighted by Gasteiger charge is -2.13. The Hall–Kier alpha value is -1.24. The normalized spacial score (nSPS) is 12.5. The molecule has 1 atom stereocenters. The van der Waals surface area contributed by atoms with E-state index in [2.05, 4.69) is 10.4 Å². The standard InChI is InChI=1S/C10H18N4O2S/c1-5-13-10(11-7(2)6-17-4)9(14(15)16)8(3)12-13/h7,11H,5-6H2,1-4H3. The van der Waals surface area contributed by atoms with Gasteiger partial charge in [0.15, 0.2) is 0 Å². The van der Waals surface area contributed by atoms with Crippen molar-refractivity contribution in [3.63, 3.8) is 0 Å². The quantitative estimate of drug-likeness (QED) is 0.626. The number of nitro groups is 1. The second-order valence-electron chi connectivity index (χ2n) is 3.86. The number of aryl methyl sites for hydroxylation is 2. The van der Waals surface area contributed by atoms with Gasteiger partial charge in [-0.1, -0.05) is 0 Å². The molecule has 0 aliphatic heterocycles. The Bertz CT molecular complexity index is 405. The lowest BCUT2D eigenvalue weighted by Crippen LogP contribution is -2.20. The second-order valence-corrected chi connectivity index (χ2v) is 4.77. The third-order valence-electron chi connectivity index (χ3n) is 2.38. The number of rotatable bonds is 6. The second kappa shape index (κ2) is 5.90. The van der Waals surface area contributed by atoms with E-state index in [1.165, 1.54) is 0 Å². The Balaban J connectivity index is 3.06. The number of anilines is 1. The molecule has 0 aromatic carbocycles. The molecule has 1 N–H and O–H groups in total. The largest absolute Gasteiger partial charge is 0.361 e. The molecule has 0 amide bonds. The predicted octanol–water partition coefficient (Wildman–Crippen LogP) is 2.28. The van der Waals surface area contributed by atoms with Crippen molar-refractivity contribution in [2.45, 2.75) is 33.4 Å². The van der Waals surface area contributed by atoms with Crippen LogP contribution >= 0.6 is 11.8 Å². The first-order chi connectivity index (χ1) is 8.01. The summed E-state index contributed by atoms with van der Waals surface area (Å²) in [7, 11) is 0. The van der Waals surface area contributed by atoms with E-state index in [4.69, 9.17) is 0 Å². The molecule has 7 heteroatoms. The van der Waals surface area contributed by atoms with Crippen LogP contribution in [0.2, 0.25) is 0 Å². The summed E-state index contributed by atoms with van der Waals surface area (Å²) in [4.78, 5) is 10.6. The number of nitrogens with one attached hydrogen (secondary N) is 1. The third kappa shape index (κ3) is 3.12. The average Bonchev–Trinajstić information content (AvgIpc) is 2.55. The molecule has 1 heterocycles. The fraction of sp³-hybridized carbons (Fsp3) is 0.700. The zero-order chi connectivity index (χ0) is 13.0. The minimum absolute atomic E-state index is 0.0832. The van der Waals surface area contributed by atoms with Gasteiger partial charge in [0.05, 0.1) is 4.92 Å². The molecule has 0 bridgehead atoms. The summed E-state index contributed by atoms with van der Waals surface area (Å²) in [6, 6.07) is 0.171. The van der Waals surface area contributed by atoms with E-state index in [1.54, 1.807) is 23.4 Å². The van der Waals surface area contributed by atoms with Crippen LogP contribution in [0.25, 0.3) is 0 Å². The van der Waals surface area contributed by atoms with Gasteiger partial charge in [0.1, 0.15) is 5.69 Å². The van der Waals surface area contributed by atoms with Crippen LogP contribution in [-0.4, -0.2) is 32.8 Å². The van der Waals surface area contributed by atoms with Gasteiger partial charge in [0.25, 0.3) is 0 Å². The molecule has 0 saturated heterocycles. The summed E-state index contributed by atoms with van der Waals surface area (Å²) in [5.74, 6) is 1.40. The number of hydrogen-bond acceptors (Lipinski definition) is 5. The molecule has 1 aromatic rings. The lowest BCUT2D eigenvalue weighted by molar-refractivity contribution is -0.384. The lowest BCUT2D eigenvalue weighted by atomic mass is 10.3. The van der Waals surface area contributed by atoms with Crippen molar-refractivity contribution in [1.82, 2.24) is 9.78 Å². The highest BCUT2D eigenvalue weighted by molar-refractivity contribution is 7.98. The zero-order valence-electron chi connectivity index (χ0n) is 10.6. The molecule has 1 unspecified atom stereocenters. The fourth-order valence-corrected chi connectivity index (χ4v) is 2.27. The monoisotopic (exact) mass is 258 g/mol. The van der Waals surface area contributed by atoms with Crippen molar-refractivity contribution in [2.24, 2.45) is 0 Å². The van der Waals surface area contributed by atoms with Crippen LogP contribution in [-0.2, 0) is 6.54 Å². The van der Waals surface area contributed by atoms with Gasteiger partial charge in [0, 0.05) is 18.3 Å². The predicted molar refractivity (Wildman–Crippen MR) is 70.8 cm³/mol. The van der Waals surface area contributed by atoms with E-state index < -0.39 is 0 Å². The molecule has 1 rings (SSSR count). The van der Waals surface area contributed by atoms with Gasteiger partial charge in [-0.25, -0.2) is 4.68 Å². The highest BCUT2D eigenvalue weighted by Gasteiger charge is 2.25. The minimum Gasteiger partial charge on any atom is -0.361 e. The molecule has 1 aromatic heterocycles. The van der Waals surface area contributed by atoms with E-state index in [1.807, 2.05) is 20.1 Å². The maximum atomic E-state index is 11.0. The van der Waals surface area contributed by atoms with E-state index in [9.17, 15) is 10.1 Å². The molecule has 0 aliphatic carbocycles. The van der Waals surface area contributed by atoms with E-state index >= 15 is 0 Å². The summed E-state index contributed by atoms with van der Waals surface area (Å²) < 4.78 is 1.64. The van der Waals surface area contributed by atoms with Gasteiger partial charge in [-0.15, -0.1) is 0 Å². The van der Waals surface area contributed by atoms with Crippen LogP contribution in [0.3, 0.4) is 0 Å². The van der Waals surface area contributed by atoms with E-state index in [0.717, 1.165) is 5.75 Å². The van der Waals surface area contributed by atoms with E-state index in [-0.39, 0.29) is 16.7 Å². The number of nitrogens with zero attached hydrogens (tertiary/aromatic N) is 3. The van der Waals surface area contributed by atoms with Crippen LogP contribution in [0.1, 0.15) is 19.5 Å². The van der Waals surface area contributed by atoms with Crippen molar-refractivity contribution in [2.75, 3.05) is 17.3 Å². The Morgan fingerprint density at radius 3 is 2.76 bits per heavy atom. The van der Waals surface area contributed by atoms with Crippen molar-refractivity contribution in [3.8, 4) is 0 Å². The van der Waals surface area contributed by atoms with Crippen LogP contribution in [0.15, 0.2) is 0 Å². The maximum absolute atomic E-state index is 11.0. The molecular weight excluding hydrogens is 240 g/mol. The molecular formula is C10H18N4O2S. The van der Waals surface area contributed by atoms with Gasteiger partial charge in [-0.05, 0) is 27.0 Å². The molecule has 17 heavy (non-hydrogen) atoms. The number of aromatic nitrogens is 2. The first kappa shape index (κ1) is 13.8. The summed E-state index contributed by atoms with van der Waals surface area (Å²) in [6.07, 6.45) is 2.01. The smallest absolute Gasteiger partial charge is 0.333 e. The van der Waals surface area contributed by atoms with Crippen LogP contribution < -0.4 is 5.32 Å². The highest BCUT2D eigenvalue weighted by Crippen LogP contribution is 2.28. The highest BCUT2D eigenvalue weighted by atomic mass is 32.2. The van der Waals surface area contributed by atoms with Crippen LogP contribution in [0.4, 0.5) is 11.5 Å². The van der Waals surface area contributed by atoms with Gasteiger partial charge >= 0.3 is 5.69 Å². The summed E-state index contributed by atoms with van der Waals surface area (Å²) in [5, 5.41) is 18.4. The Kier molecular flexibility index (Phi) is 4.80. The first-order valence-electron chi connectivity index (χ1n) is 5.48. The van der Waals surface area contributed by atoms with Crippen molar-refractivity contribution in [1.29, 1.82) is 0 Å². The number of hydrogen-bond donors (Lipinski definition) is 1. The molecule has 0 fully saturated rings. The molecule has 0 aliphatic rings. The topological polar surface area (TPSA) is 73.0 Å². The van der Waals surface area contributed by atoms with Gasteiger partial charge in [0.2, 0.25) is 5.82 Å². The third-order valence-corrected chi connectivity index (χ3v) is 3.21. The molecule has 6 nitrogen and oxygen atoms in total. The fourth-order valence-electron chi connectivity index (χ4n) is 1.69. The SMILES string of the molecule is CCn1nc(C)c([N+](=O)[O-])c1NC(C)CSC. The molecule has 0 radical (unpaired) electrons. The number of thioether (sulfide) groups is 1. The Morgan fingerprint density at radius 1 is 1.65 bits per heavy atom. The van der Waals surface area contributed by atoms with Crippen molar-refractivity contribution < 1.29 is 4.92 Å². The summed E-state index contributed by atoms with van der Waals surface area (Å²) in [6.45, 7) is 6.20. The summed E-state index contributed by atoms with van der Waals surface area (Å²) >= 11 is 1.70. The Morgan fingerprint density at radius 2 is 2.29 bits per heavy atom. The summed E-state index contributed by atoms with van der Waals surface area (Å²) in [5.41, 5.74) is 0.538. The molecule has 0 spiro atoms. The molecule has 96 valence electrons. The van der Waals surface area contributed by atoms with Crippen molar-refractivity contribution >= 4 is 23.3 Å². The van der Waals surface area contributed by atoms with Crippen LogP contribution in [0, 0.1) is 17.0 Å². The van der Waals surface area contributed by atoms with E-state index in [0.29, 0.717) is 18.1 Å². The molecule has 0 saturated carbocycles. The average molecular weight is 258 g/mol. The first-order valence-corrected chi connectivity index (χ1v) is 6.87.